The predicted molar refractivity (Wildman–Crippen MR) is 105 cm³/mol. The minimum atomic E-state index is -0.667. The van der Waals surface area contributed by atoms with E-state index in [0.29, 0.717) is 24.6 Å². The number of para-hydroxylation sites is 2. The maximum Gasteiger partial charge on any atom is 0.267 e. The molecule has 1 aliphatic heterocycles. The molecule has 0 saturated heterocycles. The lowest BCUT2D eigenvalue weighted by molar-refractivity contribution is -0.143. The number of amides is 1. The van der Waals surface area contributed by atoms with Gasteiger partial charge in [0.25, 0.3) is 5.91 Å². The number of carbonyl (C=O) groups is 1. The van der Waals surface area contributed by atoms with Gasteiger partial charge in [-0.15, -0.1) is 0 Å². The van der Waals surface area contributed by atoms with E-state index >= 15 is 0 Å². The van der Waals surface area contributed by atoms with E-state index in [-0.39, 0.29) is 12.0 Å². The highest BCUT2D eigenvalue weighted by Crippen LogP contribution is 2.33. The van der Waals surface area contributed by atoms with Crippen molar-refractivity contribution < 1.29 is 14.3 Å². The number of carbonyl (C=O) groups excluding carboxylic acids is 1. The highest BCUT2D eigenvalue weighted by atomic mass is 16.6. The number of ether oxygens (including phenoxy) is 2. The molecule has 2 atom stereocenters. The molecule has 0 bridgehead atoms. The number of aromatic nitrogens is 2. The maximum absolute atomic E-state index is 12.9. The van der Waals surface area contributed by atoms with Gasteiger partial charge in [0.15, 0.2) is 11.5 Å². The highest BCUT2D eigenvalue weighted by Gasteiger charge is 2.35. The number of fused-ring (bicyclic) bond motifs is 1. The molecular formula is C22H23N3O3. The lowest BCUT2D eigenvalue weighted by Gasteiger charge is -2.33. The van der Waals surface area contributed by atoms with E-state index < -0.39 is 6.10 Å². The van der Waals surface area contributed by atoms with Gasteiger partial charge < -0.3 is 14.4 Å². The van der Waals surface area contributed by atoms with Gasteiger partial charge in [0.2, 0.25) is 6.10 Å². The maximum atomic E-state index is 12.9. The number of likely N-dealkylation sites (N-methyl/N-ethyl adjacent to an activating group) is 1. The van der Waals surface area contributed by atoms with Crippen molar-refractivity contribution in [1.82, 2.24) is 14.7 Å². The lowest BCUT2D eigenvalue weighted by Crippen LogP contribution is -2.49. The first-order valence-electron chi connectivity index (χ1n) is 9.33. The molecule has 1 amide bonds. The first-order chi connectivity index (χ1) is 13.6. The van der Waals surface area contributed by atoms with Crippen LogP contribution in [0.4, 0.5) is 0 Å². The molecule has 0 spiro atoms. The summed E-state index contributed by atoms with van der Waals surface area (Å²) in [5.41, 5.74) is 2.15. The van der Waals surface area contributed by atoms with Crippen LogP contribution >= 0.6 is 0 Å². The Kier molecular flexibility index (Phi) is 5.02. The summed E-state index contributed by atoms with van der Waals surface area (Å²) >= 11 is 0. The minimum Gasteiger partial charge on any atom is -0.482 e. The van der Waals surface area contributed by atoms with Crippen LogP contribution in [0, 0.1) is 0 Å². The van der Waals surface area contributed by atoms with E-state index in [9.17, 15) is 4.79 Å². The smallest absolute Gasteiger partial charge is 0.267 e. The van der Waals surface area contributed by atoms with E-state index in [2.05, 4.69) is 17.2 Å². The van der Waals surface area contributed by atoms with Gasteiger partial charge in [-0.1, -0.05) is 42.5 Å². The molecular weight excluding hydrogens is 354 g/mol. The van der Waals surface area contributed by atoms with Crippen LogP contribution in [0.3, 0.4) is 0 Å². The van der Waals surface area contributed by atoms with Crippen molar-refractivity contribution in [3.05, 3.63) is 78.1 Å². The third kappa shape index (κ3) is 3.86. The number of nitrogens with zero attached hydrogens (tertiary/aromatic N) is 3. The third-order valence-corrected chi connectivity index (χ3v) is 4.76. The molecule has 0 saturated carbocycles. The van der Waals surface area contributed by atoms with Crippen molar-refractivity contribution in [3.8, 4) is 11.5 Å². The quantitative estimate of drug-likeness (QED) is 0.686. The zero-order chi connectivity index (χ0) is 19.5. The molecule has 1 aliphatic rings. The molecule has 6 heteroatoms. The monoisotopic (exact) mass is 377 g/mol. The Morgan fingerprint density at radius 1 is 1.04 bits per heavy atom. The summed E-state index contributed by atoms with van der Waals surface area (Å²) in [4.78, 5) is 14.6. The molecule has 1 aromatic heterocycles. The molecule has 0 radical (unpaired) electrons. The van der Waals surface area contributed by atoms with Crippen LogP contribution in [0.15, 0.2) is 67.0 Å². The van der Waals surface area contributed by atoms with Gasteiger partial charge in [0.05, 0.1) is 12.7 Å². The van der Waals surface area contributed by atoms with Crippen molar-refractivity contribution >= 4 is 5.91 Å². The number of hydrogen-bond donors (Lipinski definition) is 0. The fourth-order valence-corrected chi connectivity index (χ4v) is 3.30. The van der Waals surface area contributed by atoms with Crippen LogP contribution in [-0.4, -0.2) is 39.8 Å². The van der Waals surface area contributed by atoms with Crippen molar-refractivity contribution in [1.29, 1.82) is 0 Å². The highest BCUT2D eigenvalue weighted by molar-refractivity contribution is 5.82. The van der Waals surface area contributed by atoms with Gasteiger partial charge in [-0.2, -0.15) is 5.10 Å². The topological polar surface area (TPSA) is 56.6 Å². The average Bonchev–Trinajstić information content (AvgIpc) is 3.14. The Bertz CT molecular complexity index is 954. The first kappa shape index (κ1) is 18.1. The second kappa shape index (κ2) is 7.76. The molecule has 2 aromatic carbocycles. The summed E-state index contributed by atoms with van der Waals surface area (Å²) in [5.74, 6) is 1.16. The average molecular weight is 377 g/mol. The summed E-state index contributed by atoms with van der Waals surface area (Å²) in [7, 11) is 1.77. The molecule has 28 heavy (non-hydrogen) atoms. The van der Waals surface area contributed by atoms with E-state index in [1.807, 2.05) is 60.3 Å². The van der Waals surface area contributed by atoms with Crippen molar-refractivity contribution in [2.24, 2.45) is 0 Å². The van der Waals surface area contributed by atoms with E-state index in [4.69, 9.17) is 9.47 Å². The molecule has 6 nitrogen and oxygen atoms in total. The van der Waals surface area contributed by atoms with Gasteiger partial charge >= 0.3 is 0 Å². The van der Waals surface area contributed by atoms with Gasteiger partial charge in [0.1, 0.15) is 6.10 Å². The van der Waals surface area contributed by atoms with Crippen molar-refractivity contribution in [2.45, 2.75) is 32.2 Å². The summed E-state index contributed by atoms with van der Waals surface area (Å²) in [6.45, 7) is 3.01. The molecule has 0 fully saturated rings. The SMILES string of the molecule is C[C@@H]1Oc2ccccc2O[C@H]1C(=O)N(C)Cc1cnn(Cc2ccccc2)c1. The Morgan fingerprint density at radius 3 is 2.46 bits per heavy atom. The Balaban J connectivity index is 1.40. The Morgan fingerprint density at radius 2 is 1.71 bits per heavy atom. The summed E-state index contributed by atoms with van der Waals surface area (Å²) in [6, 6.07) is 17.6. The second-order valence-corrected chi connectivity index (χ2v) is 7.03. The number of hydrogen-bond acceptors (Lipinski definition) is 4. The van der Waals surface area contributed by atoms with Gasteiger partial charge in [-0.3, -0.25) is 9.48 Å². The molecule has 0 aliphatic carbocycles. The lowest BCUT2D eigenvalue weighted by atomic mass is 10.1. The number of rotatable bonds is 5. The Labute approximate surface area is 164 Å². The zero-order valence-electron chi connectivity index (χ0n) is 16.0. The standard InChI is InChI=1S/C22H23N3O3/c1-16-21(28-20-11-7-6-10-19(20)27-16)22(26)24(2)13-18-12-23-25(15-18)14-17-8-4-3-5-9-17/h3-12,15-16,21H,13-14H2,1-2H3/t16-,21+/m0/s1. The van der Waals surface area contributed by atoms with Gasteiger partial charge in [-0.25, -0.2) is 0 Å². The fourth-order valence-electron chi connectivity index (χ4n) is 3.30. The van der Waals surface area contributed by atoms with Crippen LogP contribution in [0.25, 0.3) is 0 Å². The number of benzene rings is 2. The van der Waals surface area contributed by atoms with Crippen LogP contribution in [0.1, 0.15) is 18.1 Å². The molecule has 2 heterocycles. The van der Waals surface area contributed by atoms with E-state index in [1.165, 1.54) is 5.56 Å². The van der Waals surface area contributed by atoms with Crippen LogP contribution in [-0.2, 0) is 17.9 Å². The molecule has 4 rings (SSSR count). The van der Waals surface area contributed by atoms with E-state index in [0.717, 1.165) is 5.56 Å². The largest absolute Gasteiger partial charge is 0.482 e. The normalized spacial score (nSPS) is 17.9. The molecule has 0 N–H and O–H groups in total. The summed E-state index contributed by atoms with van der Waals surface area (Å²) in [5, 5.41) is 4.40. The second-order valence-electron chi connectivity index (χ2n) is 7.03. The Hall–Kier alpha value is -3.28. The van der Waals surface area contributed by atoms with Gasteiger partial charge in [-0.05, 0) is 24.6 Å². The molecule has 3 aromatic rings. The van der Waals surface area contributed by atoms with E-state index in [1.54, 1.807) is 18.1 Å². The van der Waals surface area contributed by atoms with Crippen molar-refractivity contribution in [3.63, 3.8) is 0 Å². The summed E-state index contributed by atoms with van der Waals surface area (Å²) in [6.07, 6.45) is 2.74. The summed E-state index contributed by atoms with van der Waals surface area (Å²) < 4.78 is 13.6. The van der Waals surface area contributed by atoms with Crippen LogP contribution < -0.4 is 9.47 Å². The first-order valence-corrected chi connectivity index (χ1v) is 9.33. The predicted octanol–water partition coefficient (Wildman–Crippen LogP) is 3.12. The molecule has 0 unspecified atom stereocenters. The molecule has 144 valence electrons. The van der Waals surface area contributed by atoms with Crippen LogP contribution in [0.2, 0.25) is 0 Å². The minimum absolute atomic E-state index is 0.113. The van der Waals surface area contributed by atoms with Gasteiger partial charge in [0, 0.05) is 25.4 Å². The fraction of sp³-hybridized carbons (Fsp3) is 0.273. The third-order valence-electron chi connectivity index (χ3n) is 4.76. The van der Waals surface area contributed by atoms with Crippen molar-refractivity contribution in [2.75, 3.05) is 7.05 Å². The van der Waals surface area contributed by atoms with Crippen LogP contribution in [0.5, 0.6) is 11.5 Å². The zero-order valence-corrected chi connectivity index (χ0v) is 16.0.